The van der Waals surface area contributed by atoms with Gasteiger partial charge in [-0.15, -0.1) is 5.10 Å². The molecule has 1 fully saturated rings. The first-order chi connectivity index (χ1) is 15.5. The number of ether oxygens (including phenoxy) is 2. The summed E-state index contributed by atoms with van der Waals surface area (Å²) in [5.74, 6) is 0.0717. The lowest BCUT2D eigenvalue weighted by Crippen LogP contribution is -2.40. The van der Waals surface area contributed by atoms with Crippen molar-refractivity contribution in [2.24, 2.45) is 0 Å². The van der Waals surface area contributed by atoms with Gasteiger partial charge in [-0.1, -0.05) is 29.4 Å². The predicted molar refractivity (Wildman–Crippen MR) is 115 cm³/mol. The Kier molecular flexibility index (Phi) is 6.49. The van der Waals surface area contributed by atoms with Crippen LogP contribution in [0.25, 0.3) is 11.5 Å². The highest BCUT2D eigenvalue weighted by molar-refractivity contribution is 7.89. The number of nitrogens with zero attached hydrogens (tertiary/aromatic N) is 3. The summed E-state index contributed by atoms with van der Waals surface area (Å²) in [5.41, 5.74) is 1.23. The van der Waals surface area contributed by atoms with Crippen molar-refractivity contribution in [3.05, 3.63) is 54.1 Å². The van der Waals surface area contributed by atoms with Gasteiger partial charge < -0.3 is 13.9 Å². The fourth-order valence-corrected chi connectivity index (χ4v) is 4.89. The molecule has 1 amide bonds. The van der Waals surface area contributed by atoms with E-state index in [1.54, 1.807) is 6.07 Å². The van der Waals surface area contributed by atoms with Crippen LogP contribution in [0.4, 0.5) is 6.01 Å². The maximum Gasteiger partial charge on any atom is 0.322 e. The summed E-state index contributed by atoms with van der Waals surface area (Å²) in [6, 6.07) is 13.8. The third kappa shape index (κ3) is 4.79. The molecule has 168 valence electrons. The molecule has 0 saturated carbocycles. The number of nitrogens with one attached hydrogen (secondary N) is 1. The third-order valence-electron chi connectivity index (χ3n) is 4.87. The van der Waals surface area contributed by atoms with Crippen molar-refractivity contribution in [3.63, 3.8) is 0 Å². The second kappa shape index (κ2) is 9.47. The van der Waals surface area contributed by atoms with E-state index in [0.29, 0.717) is 18.8 Å². The minimum atomic E-state index is -3.79. The number of rotatable bonds is 7. The molecule has 4 rings (SSSR count). The Labute approximate surface area is 185 Å². The monoisotopic (exact) mass is 458 g/mol. The van der Waals surface area contributed by atoms with Gasteiger partial charge in [0.05, 0.1) is 26.7 Å². The molecule has 0 aliphatic carbocycles. The van der Waals surface area contributed by atoms with Crippen LogP contribution in [-0.4, -0.2) is 62.2 Å². The van der Waals surface area contributed by atoms with Crippen LogP contribution < -0.4 is 10.1 Å². The van der Waals surface area contributed by atoms with Crippen molar-refractivity contribution in [2.75, 3.05) is 38.7 Å². The molecule has 11 heteroatoms. The first-order valence-corrected chi connectivity index (χ1v) is 11.3. The molecule has 1 aliphatic rings. The molecule has 2 heterocycles. The van der Waals surface area contributed by atoms with E-state index < -0.39 is 15.9 Å². The van der Waals surface area contributed by atoms with E-state index in [1.165, 1.54) is 23.5 Å². The quantitative estimate of drug-likeness (QED) is 0.570. The van der Waals surface area contributed by atoms with Gasteiger partial charge in [-0.25, -0.2) is 8.42 Å². The molecule has 0 atom stereocenters. The van der Waals surface area contributed by atoms with Crippen molar-refractivity contribution >= 4 is 21.9 Å². The maximum absolute atomic E-state index is 13.1. The van der Waals surface area contributed by atoms with Crippen LogP contribution in [0.5, 0.6) is 5.75 Å². The van der Waals surface area contributed by atoms with E-state index in [9.17, 15) is 13.2 Å². The molecule has 3 aromatic rings. The number of methoxy groups -OCH3 is 1. The Morgan fingerprint density at radius 1 is 1.12 bits per heavy atom. The zero-order valence-electron chi connectivity index (χ0n) is 17.4. The smallest absolute Gasteiger partial charge is 0.322 e. The summed E-state index contributed by atoms with van der Waals surface area (Å²) in [6.07, 6.45) is -0.0846. The van der Waals surface area contributed by atoms with E-state index in [-0.39, 0.29) is 42.1 Å². The van der Waals surface area contributed by atoms with Gasteiger partial charge in [0.15, 0.2) is 0 Å². The van der Waals surface area contributed by atoms with Gasteiger partial charge in [0.25, 0.3) is 0 Å². The number of morpholine rings is 1. The van der Waals surface area contributed by atoms with Crippen molar-refractivity contribution in [3.8, 4) is 17.2 Å². The molecule has 1 N–H and O–H groups in total. The summed E-state index contributed by atoms with van der Waals surface area (Å²) >= 11 is 0. The first kappa shape index (κ1) is 21.9. The van der Waals surface area contributed by atoms with Crippen LogP contribution in [0, 0.1) is 0 Å². The molecule has 1 aromatic heterocycles. The predicted octanol–water partition coefficient (Wildman–Crippen LogP) is 1.95. The highest BCUT2D eigenvalue weighted by Gasteiger charge is 2.29. The zero-order chi connectivity index (χ0) is 22.6. The second-order valence-corrected chi connectivity index (χ2v) is 8.91. The maximum atomic E-state index is 13.1. The van der Waals surface area contributed by atoms with Crippen LogP contribution >= 0.6 is 0 Å². The molecule has 32 heavy (non-hydrogen) atoms. The van der Waals surface area contributed by atoms with Gasteiger partial charge in [0.2, 0.25) is 21.8 Å². The molecule has 1 saturated heterocycles. The zero-order valence-corrected chi connectivity index (χ0v) is 18.2. The Balaban J connectivity index is 1.49. The number of anilines is 1. The summed E-state index contributed by atoms with van der Waals surface area (Å²) in [7, 11) is -2.39. The second-order valence-electron chi connectivity index (χ2n) is 7.01. The standard InChI is InChI=1S/C21H22N4O6S/c1-29-17-8-7-15(13-18(17)32(27,28)25-9-11-30-12-10-25)14-19(26)22-21-24-23-20(31-21)16-5-3-2-4-6-16/h2-8,13H,9-12,14H2,1H3,(H,22,24,26). The average molecular weight is 458 g/mol. The number of carbonyl (C=O) groups excluding carboxylic acids is 1. The van der Waals surface area contributed by atoms with Gasteiger partial charge in [0.1, 0.15) is 10.6 Å². The topological polar surface area (TPSA) is 124 Å². The molecule has 1 aliphatic heterocycles. The van der Waals surface area contributed by atoms with Crippen molar-refractivity contribution in [1.29, 1.82) is 0 Å². The van der Waals surface area contributed by atoms with E-state index in [4.69, 9.17) is 13.9 Å². The van der Waals surface area contributed by atoms with E-state index in [2.05, 4.69) is 15.5 Å². The summed E-state index contributed by atoms with van der Waals surface area (Å²) < 4.78 is 43.5. The Morgan fingerprint density at radius 3 is 2.59 bits per heavy atom. The number of amides is 1. The Hall–Kier alpha value is -3.28. The van der Waals surface area contributed by atoms with E-state index >= 15 is 0 Å². The van der Waals surface area contributed by atoms with E-state index in [1.807, 2.05) is 30.3 Å². The van der Waals surface area contributed by atoms with Crippen molar-refractivity contribution in [1.82, 2.24) is 14.5 Å². The molecule has 0 spiro atoms. The van der Waals surface area contributed by atoms with Crippen LogP contribution in [0.15, 0.2) is 57.8 Å². The van der Waals surface area contributed by atoms with Gasteiger partial charge in [-0.3, -0.25) is 10.1 Å². The van der Waals surface area contributed by atoms with Gasteiger partial charge in [0, 0.05) is 18.7 Å². The first-order valence-electron chi connectivity index (χ1n) is 9.91. The Bertz CT molecular complexity index is 1190. The van der Waals surface area contributed by atoms with E-state index in [0.717, 1.165) is 5.56 Å². The summed E-state index contributed by atoms with van der Waals surface area (Å²) in [4.78, 5) is 12.5. The SMILES string of the molecule is COc1ccc(CC(=O)Nc2nnc(-c3ccccc3)o2)cc1S(=O)(=O)N1CCOCC1. The summed E-state index contributed by atoms with van der Waals surface area (Å²) in [6.45, 7) is 1.19. The van der Waals surface area contributed by atoms with Crippen molar-refractivity contribution in [2.45, 2.75) is 11.3 Å². The lowest BCUT2D eigenvalue weighted by Gasteiger charge is -2.26. The minimum Gasteiger partial charge on any atom is -0.495 e. The van der Waals surface area contributed by atoms with Crippen LogP contribution in [0.1, 0.15) is 5.56 Å². The highest BCUT2D eigenvalue weighted by Crippen LogP contribution is 2.29. The van der Waals surface area contributed by atoms with Crippen LogP contribution in [0.3, 0.4) is 0 Å². The lowest BCUT2D eigenvalue weighted by molar-refractivity contribution is -0.115. The number of hydrogen-bond donors (Lipinski definition) is 1. The van der Waals surface area contributed by atoms with Crippen molar-refractivity contribution < 1.29 is 27.1 Å². The van der Waals surface area contributed by atoms with Crippen LogP contribution in [0.2, 0.25) is 0 Å². The molecular weight excluding hydrogens is 436 g/mol. The molecule has 10 nitrogen and oxygen atoms in total. The number of benzene rings is 2. The Morgan fingerprint density at radius 2 is 1.88 bits per heavy atom. The fraction of sp³-hybridized carbons (Fsp3) is 0.286. The molecule has 0 radical (unpaired) electrons. The molecule has 0 unspecified atom stereocenters. The number of aromatic nitrogens is 2. The lowest BCUT2D eigenvalue weighted by atomic mass is 10.1. The highest BCUT2D eigenvalue weighted by atomic mass is 32.2. The third-order valence-corrected chi connectivity index (χ3v) is 6.79. The van der Waals surface area contributed by atoms with Gasteiger partial charge in [-0.2, -0.15) is 4.31 Å². The summed E-state index contributed by atoms with van der Waals surface area (Å²) in [5, 5.41) is 10.3. The molecule has 0 bridgehead atoms. The largest absolute Gasteiger partial charge is 0.495 e. The average Bonchev–Trinajstić information content (AvgIpc) is 3.28. The van der Waals surface area contributed by atoms with Crippen LogP contribution in [-0.2, 0) is 26.0 Å². The minimum absolute atomic E-state index is 0.0105. The number of hydrogen-bond acceptors (Lipinski definition) is 8. The van der Waals surface area contributed by atoms with Gasteiger partial charge >= 0.3 is 6.01 Å². The van der Waals surface area contributed by atoms with Gasteiger partial charge in [-0.05, 0) is 29.8 Å². The molecule has 2 aromatic carbocycles. The number of carbonyl (C=O) groups is 1. The normalized spacial score (nSPS) is 14.8. The molecular formula is C21H22N4O6S. The fourth-order valence-electron chi connectivity index (χ4n) is 3.28. The number of sulfonamides is 1.